The van der Waals surface area contributed by atoms with Crippen molar-refractivity contribution in [3.63, 3.8) is 0 Å². The van der Waals surface area contributed by atoms with Crippen LogP contribution in [0.3, 0.4) is 0 Å². The second-order valence-electron chi connectivity index (χ2n) is 6.71. The molecule has 1 unspecified atom stereocenters. The zero-order valence-corrected chi connectivity index (χ0v) is 11.8. The number of anilines is 1. The maximum absolute atomic E-state index is 3.57. The minimum Gasteiger partial charge on any atom is -0.385 e. The molecule has 2 rings (SSSR count). The lowest BCUT2D eigenvalue weighted by Gasteiger charge is -2.30. The van der Waals surface area contributed by atoms with Crippen LogP contribution in [0.5, 0.6) is 0 Å². The molecule has 1 aliphatic heterocycles. The molecule has 0 fully saturated rings. The monoisotopic (exact) mass is 231 g/mol. The van der Waals surface area contributed by atoms with Gasteiger partial charge in [-0.1, -0.05) is 46.8 Å². The fourth-order valence-electron chi connectivity index (χ4n) is 2.47. The van der Waals surface area contributed by atoms with Crippen molar-refractivity contribution in [1.82, 2.24) is 0 Å². The van der Waals surface area contributed by atoms with Crippen molar-refractivity contribution in [2.24, 2.45) is 11.8 Å². The van der Waals surface area contributed by atoms with E-state index >= 15 is 0 Å². The van der Waals surface area contributed by atoms with Crippen molar-refractivity contribution < 1.29 is 0 Å². The number of hydrogen-bond donors (Lipinski definition) is 1. The Hall–Kier alpha value is -0.980. The van der Waals surface area contributed by atoms with E-state index in [1.54, 1.807) is 0 Å². The van der Waals surface area contributed by atoms with E-state index in [9.17, 15) is 0 Å². The van der Waals surface area contributed by atoms with Gasteiger partial charge in [-0.15, -0.1) is 0 Å². The molecule has 1 nitrogen and oxygen atoms in total. The van der Waals surface area contributed by atoms with Gasteiger partial charge < -0.3 is 5.32 Å². The highest BCUT2D eigenvalue weighted by atomic mass is 14.9. The van der Waals surface area contributed by atoms with Crippen molar-refractivity contribution >= 4 is 5.69 Å². The molecule has 17 heavy (non-hydrogen) atoms. The molecule has 94 valence electrons. The Balaban J connectivity index is 2.29. The second-order valence-corrected chi connectivity index (χ2v) is 6.71. The summed E-state index contributed by atoms with van der Waals surface area (Å²) in [6, 6.07) is 6.92. The third-order valence-corrected chi connectivity index (χ3v) is 3.95. The number of fused-ring (bicyclic) bond motifs is 1. The summed E-state index contributed by atoms with van der Waals surface area (Å²) in [6.45, 7) is 12.6. The van der Waals surface area contributed by atoms with Crippen LogP contribution >= 0.6 is 0 Å². The summed E-state index contributed by atoms with van der Waals surface area (Å²) in [6.07, 6.45) is 1.23. The lowest BCUT2D eigenvalue weighted by atomic mass is 9.81. The Morgan fingerprint density at radius 2 is 1.94 bits per heavy atom. The first-order chi connectivity index (χ1) is 7.88. The van der Waals surface area contributed by atoms with E-state index in [4.69, 9.17) is 0 Å². The van der Waals surface area contributed by atoms with Gasteiger partial charge in [0.1, 0.15) is 0 Å². The minimum atomic E-state index is 0.250. The molecule has 0 amide bonds. The molecule has 1 N–H and O–H groups in total. The highest BCUT2D eigenvalue weighted by Gasteiger charge is 2.22. The van der Waals surface area contributed by atoms with Gasteiger partial charge in [-0.3, -0.25) is 0 Å². The Kier molecular flexibility index (Phi) is 3.20. The van der Waals surface area contributed by atoms with Gasteiger partial charge in [-0.05, 0) is 40.9 Å². The SMILES string of the molecule is CC(C)C1CNc2ccc(C(C)(C)C)cc2C1. The summed E-state index contributed by atoms with van der Waals surface area (Å²) >= 11 is 0. The van der Waals surface area contributed by atoms with E-state index in [0.717, 1.165) is 18.4 Å². The summed E-state index contributed by atoms with van der Waals surface area (Å²) in [5, 5.41) is 3.57. The third-order valence-electron chi connectivity index (χ3n) is 3.95. The first-order valence-corrected chi connectivity index (χ1v) is 6.75. The smallest absolute Gasteiger partial charge is 0.0373 e. The van der Waals surface area contributed by atoms with Gasteiger partial charge in [0.25, 0.3) is 0 Å². The molecule has 1 aromatic rings. The van der Waals surface area contributed by atoms with Crippen LogP contribution in [0.25, 0.3) is 0 Å². The molecule has 1 aromatic carbocycles. The van der Waals surface area contributed by atoms with Crippen LogP contribution in [0.15, 0.2) is 18.2 Å². The molecule has 0 saturated carbocycles. The summed E-state index contributed by atoms with van der Waals surface area (Å²) in [5.74, 6) is 1.53. The van der Waals surface area contributed by atoms with Crippen LogP contribution < -0.4 is 5.32 Å². The topological polar surface area (TPSA) is 12.0 Å². The highest BCUT2D eigenvalue weighted by Crippen LogP contribution is 2.32. The van der Waals surface area contributed by atoms with Gasteiger partial charge in [-0.25, -0.2) is 0 Å². The van der Waals surface area contributed by atoms with E-state index < -0.39 is 0 Å². The van der Waals surface area contributed by atoms with Gasteiger partial charge in [0, 0.05) is 12.2 Å². The Morgan fingerprint density at radius 1 is 1.24 bits per heavy atom. The van der Waals surface area contributed by atoms with Gasteiger partial charge in [0.15, 0.2) is 0 Å². The zero-order chi connectivity index (χ0) is 12.6. The van der Waals surface area contributed by atoms with Crippen LogP contribution in [0.1, 0.15) is 45.7 Å². The van der Waals surface area contributed by atoms with Crippen molar-refractivity contribution in [2.75, 3.05) is 11.9 Å². The summed E-state index contributed by atoms with van der Waals surface area (Å²) < 4.78 is 0. The van der Waals surface area contributed by atoms with Crippen molar-refractivity contribution in [2.45, 2.75) is 46.5 Å². The van der Waals surface area contributed by atoms with Crippen LogP contribution in [-0.4, -0.2) is 6.54 Å². The maximum atomic E-state index is 3.57. The molecule has 1 heterocycles. The largest absolute Gasteiger partial charge is 0.385 e. The standard InChI is InChI=1S/C16H25N/c1-11(2)13-8-12-9-14(16(3,4)5)6-7-15(12)17-10-13/h6-7,9,11,13,17H,8,10H2,1-5H3. The summed E-state index contributed by atoms with van der Waals surface area (Å²) in [7, 11) is 0. The molecule has 1 heteroatoms. The van der Waals surface area contributed by atoms with Crippen molar-refractivity contribution in [1.29, 1.82) is 0 Å². The van der Waals surface area contributed by atoms with E-state index in [1.807, 2.05) is 0 Å². The minimum absolute atomic E-state index is 0.250. The predicted molar refractivity (Wildman–Crippen MR) is 75.7 cm³/mol. The Bertz CT molecular complexity index is 398. The molecule has 0 aromatic heterocycles. The summed E-state index contributed by atoms with van der Waals surface area (Å²) in [5.41, 5.74) is 4.54. The first-order valence-electron chi connectivity index (χ1n) is 6.75. The molecule has 0 saturated heterocycles. The van der Waals surface area contributed by atoms with Crippen LogP contribution in [0.4, 0.5) is 5.69 Å². The van der Waals surface area contributed by atoms with Crippen LogP contribution in [-0.2, 0) is 11.8 Å². The normalized spacial score (nSPS) is 20.0. The van der Waals surface area contributed by atoms with Gasteiger partial charge in [0.05, 0.1) is 0 Å². The number of nitrogens with one attached hydrogen (secondary N) is 1. The van der Waals surface area contributed by atoms with Crippen LogP contribution in [0, 0.1) is 11.8 Å². The molecule has 1 atom stereocenters. The van der Waals surface area contributed by atoms with Crippen molar-refractivity contribution in [3.05, 3.63) is 29.3 Å². The quantitative estimate of drug-likeness (QED) is 0.763. The van der Waals surface area contributed by atoms with E-state index in [2.05, 4.69) is 58.1 Å². The van der Waals surface area contributed by atoms with Crippen LogP contribution in [0.2, 0.25) is 0 Å². The number of hydrogen-bond acceptors (Lipinski definition) is 1. The lowest BCUT2D eigenvalue weighted by Crippen LogP contribution is -2.27. The van der Waals surface area contributed by atoms with E-state index in [-0.39, 0.29) is 5.41 Å². The molecule has 0 spiro atoms. The molecular formula is C16H25N. The molecule has 1 aliphatic rings. The molecule has 0 bridgehead atoms. The van der Waals surface area contributed by atoms with Gasteiger partial charge >= 0.3 is 0 Å². The van der Waals surface area contributed by atoms with Gasteiger partial charge in [0.2, 0.25) is 0 Å². The number of rotatable bonds is 1. The molecule has 0 aliphatic carbocycles. The fraction of sp³-hybridized carbons (Fsp3) is 0.625. The fourth-order valence-corrected chi connectivity index (χ4v) is 2.47. The number of benzene rings is 1. The zero-order valence-electron chi connectivity index (χ0n) is 11.8. The first kappa shape index (κ1) is 12.5. The van der Waals surface area contributed by atoms with E-state index in [1.165, 1.54) is 23.2 Å². The second kappa shape index (κ2) is 4.36. The van der Waals surface area contributed by atoms with Gasteiger partial charge in [-0.2, -0.15) is 0 Å². The third kappa shape index (κ3) is 2.65. The lowest BCUT2D eigenvalue weighted by molar-refractivity contribution is 0.393. The average Bonchev–Trinajstić information content (AvgIpc) is 2.26. The highest BCUT2D eigenvalue weighted by molar-refractivity contribution is 5.55. The average molecular weight is 231 g/mol. The molecule has 0 radical (unpaired) electrons. The Labute approximate surface area is 106 Å². The van der Waals surface area contributed by atoms with E-state index in [0.29, 0.717) is 0 Å². The predicted octanol–water partition coefficient (Wildman–Crippen LogP) is 4.22. The maximum Gasteiger partial charge on any atom is 0.0373 e. The Morgan fingerprint density at radius 3 is 2.53 bits per heavy atom. The molecular weight excluding hydrogens is 206 g/mol. The van der Waals surface area contributed by atoms with Crippen molar-refractivity contribution in [3.8, 4) is 0 Å². The summed E-state index contributed by atoms with van der Waals surface area (Å²) in [4.78, 5) is 0.